The van der Waals surface area contributed by atoms with Gasteiger partial charge >= 0.3 is 11.6 Å². The smallest absolute Gasteiger partial charge is 0.347 e. The highest BCUT2D eigenvalue weighted by atomic mass is 17.2. The number of rotatable bonds is 5. The summed E-state index contributed by atoms with van der Waals surface area (Å²) >= 11 is 0. The molecule has 0 aliphatic heterocycles. The highest BCUT2D eigenvalue weighted by Crippen LogP contribution is 2.19. The predicted molar refractivity (Wildman–Crippen MR) is 73.2 cm³/mol. The van der Waals surface area contributed by atoms with Crippen molar-refractivity contribution in [2.24, 2.45) is 0 Å². The molecular formula is C15H14O5. The summed E-state index contributed by atoms with van der Waals surface area (Å²) in [6, 6.07) is 7.15. The minimum atomic E-state index is -0.655. The van der Waals surface area contributed by atoms with Crippen LogP contribution in [0.3, 0.4) is 0 Å². The summed E-state index contributed by atoms with van der Waals surface area (Å²) in [5, 5.41) is 0.793. The first-order chi connectivity index (χ1) is 9.63. The molecule has 5 nitrogen and oxygen atoms in total. The molecular weight excluding hydrogens is 260 g/mol. The summed E-state index contributed by atoms with van der Waals surface area (Å²) in [4.78, 5) is 32.6. The summed E-state index contributed by atoms with van der Waals surface area (Å²) in [6.07, 6.45) is 1.25. The molecule has 0 fully saturated rings. The summed E-state index contributed by atoms with van der Waals surface area (Å²) in [5.41, 5.74) is 0.935. The molecule has 0 radical (unpaired) electrons. The Morgan fingerprint density at radius 2 is 2.15 bits per heavy atom. The fourth-order valence-corrected chi connectivity index (χ4v) is 1.87. The van der Waals surface area contributed by atoms with Crippen molar-refractivity contribution in [1.82, 2.24) is 0 Å². The van der Waals surface area contributed by atoms with Crippen LogP contribution in [0.1, 0.15) is 11.1 Å². The van der Waals surface area contributed by atoms with E-state index in [1.54, 1.807) is 19.1 Å². The lowest BCUT2D eigenvalue weighted by molar-refractivity contribution is -0.265. The third-order valence-electron chi connectivity index (χ3n) is 2.85. The van der Waals surface area contributed by atoms with Crippen LogP contribution in [0.5, 0.6) is 0 Å². The Balaban J connectivity index is 2.28. The van der Waals surface area contributed by atoms with Crippen molar-refractivity contribution in [3.63, 3.8) is 0 Å². The minimum absolute atomic E-state index is 0.0943. The van der Waals surface area contributed by atoms with Gasteiger partial charge in [0.1, 0.15) is 12.2 Å². The summed E-state index contributed by atoms with van der Waals surface area (Å²) in [6.45, 7) is 5.29. The maximum Gasteiger partial charge on any atom is 0.347 e. The van der Waals surface area contributed by atoms with Gasteiger partial charge in [-0.05, 0) is 18.6 Å². The van der Waals surface area contributed by atoms with E-state index in [0.717, 1.165) is 5.39 Å². The third kappa shape index (κ3) is 2.95. The fraction of sp³-hybridized carbons (Fsp3) is 0.200. The second-order valence-electron chi connectivity index (χ2n) is 4.19. The van der Waals surface area contributed by atoms with Crippen LogP contribution in [0, 0.1) is 6.92 Å². The van der Waals surface area contributed by atoms with E-state index in [2.05, 4.69) is 16.4 Å². The van der Waals surface area contributed by atoms with E-state index in [1.165, 1.54) is 6.08 Å². The SMILES string of the molecule is C=CCOOC(=O)Cc1c(C)c2ccccc2oc1=O. The van der Waals surface area contributed by atoms with Crippen LogP contribution >= 0.6 is 0 Å². The van der Waals surface area contributed by atoms with E-state index >= 15 is 0 Å². The largest absolute Gasteiger partial charge is 0.422 e. The molecule has 104 valence electrons. The molecule has 0 N–H and O–H groups in total. The fourth-order valence-electron chi connectivity index (χ4n) is 1.87. The molecule has 0 aliphatic carbocycles. The first kappa shape index (κ1) is 14.0. The summed E-state index contributed by atoms with van der Waals surface area (Å²) in [5.74, 6) is -0.655. The van der Waals surface area contributed by atoms with Crippen molar-refractivity contribution in [1.29, 1.82) is 0 Å². The average Bonchev–Trinajstić information content (AvgIpc) is 2.44. The first-order valence-corrected chi connectivity index (χ1v) is 6.08. The number of benzene rings is 1. The molecule has 0 spiro atoms. The Labute approximate surface area is 115 Å². The summed E-state index contributed by atoms with van der Waals surface area (Å²) in [7, 11) is 0. The maximum absolute atomic E-state index is 11.9. The molecule has 5 heteroatoms. The van der Waals surface area contributed by atoms with Gasteiger partial charge in [0.05, 0.1) is 12.0 Å². The zero-order valence-corrected chi connectivity index (χ0v) is 11.0. The predicted octanol–water partition coefficient (Wildman–Crippen LogP) is 2.30. The van der Waals surface area contributed by atoms with Crippen LogP contribution in [0.2, 0.25) is 0 Å². The van der Waals surface area contributed by atoms with E-state index in [-0.39, 0.29) is 18.6 Å². The van der Waals surface area contributed by atoms with Gasteiger partial charge in [-0.2, -0.15) is 4.89 Å². The van der Waals surface area contributed by atoms with E-state index in [1.807, 2.05) is 12.1 Å². The molecule has 0 aliphatic rings. The Bertz CT molecular complexity index is 699. The molecule has 2 rings (SSSR count). The topological polar surface area (TPSA) is 65.7 Å². The molecule has 0 amide bonds. The number of para-hydroxylation sites is 1. The first-order valence-electron chi connectivity index (χ1n) is 6.08. The Kier molecular flexibility index (Phi) is 4.32. The van der Waals surface area contributed by atoms with Crippen molar-refractivity contribution in [3.8, 4) is 0 Å². The Hall–Kier alpha value is -2.40. The minimum Gasteiger partial charge on any atom is -0.422 e. The van der Waals surface area contributed by atoms with Gasteiger partial charge in [-0.25, -0.2) is 9.59 Å². The van der Waals surface area contributed by atoms with Crippen molar-refractivity contribution >= 4 is 16.9 Å². The number of hydrogen-bond donors (Lipinski definition) is 0. The Morgan fingerprint density at radius 1 is 1.40 bits per heavy atom. The van der Waals surface area contributed by atoms with Crippen LogP contribution in [-0.4, -0.2) is 12.6 Å². The van der Waals surface area contributed by atoms with Crippen LogP contribution in [-0.2, 0) is 21.0 Å². The number of aryl methyl sites for hydroxylation is 1. The van der Waals surface area contributed by atoms with Gasteiger partial charge in [0.15, 0.2) is 0 Å². The number of fused-ring (bicyclic) bond motifs is 1. The third-order valence-corrected chi connectivity index (χ3v) is 2.85. The van der Waals surface area contributed by atoms with E-state index in [9.17, 15) is 9.59 Å². The van der Waals surface area contributed by atoms with Gasteiger partial charge in [0, 0.05) is 5.39 Å². The lowest BCUT2D eigenvalue weighted by Crippen LogP contribution is -2.17. The van der Waals surface area contributed by atoms with Gasteiger partial charge in [-0.1, -0.05) is 24.3 Å². The van der Waals surface area contributed by atoms with E-state index < -0.39 is 11.6 Å². The van der Waals surface area contributed by atoms with Gasteiger partial charge in [0.25, 0.3) is 0 Å². The molecule has 0 atom stereocenters. The van der Waals surface area contributed by atoms with Gasteiger partial charge < -0.3 is 4.42 Å². The van der Waals surface area contributed by atoms with Crippen LogP contribution in [0.15, 0.2) is 46.1 Å². The van der Waals surface area contributed by atoms with Crippen LogP contribution < -0.4 is 5.63 Å². The zero-order valence-electron chi connectivity index (χ0n) is 11.0. The molecule has 0 bridgehead atoms. The average molecular weight is 274 g/mol. The lowest BCUT2D eigenvalue weighted by atomic mass is 10.0. The van der Waals surface area contributed by atoms with Crippen LogP contribution in [0.25, 0.3) is 11.0 Å². The summed E-state index contributed by atoms with van der Waals surface area (Å²) < 4.78 is 5.18. The molecule has 1 heterocycles. The highest BCUT2D eigenvalue weighted by Gasteiger charge is 2.16. The maximum atomic E-state index is 11.9. The zero-order chi connectivity index (χ0) is 14.5. The quantitative estimate of drug-likeness (QED) is 0.275. The highest BCUT2D eigenvalue weighted by molar-refractivity contribution is 5.82. The Morgan fingerprint density at radius 3 is 2.90 bits per heavy atom. The standard InChI is InChI=1S/C15H14O5/c1-3-8-18-20-14(16)9-12-10(2)11-6-4-5-7-13(11)19-15(12)17/h3-7H,1,8-9H2,2H3. The molecule has 0 saturated heterocycles. The van der Waals surface area contributed by atoms with Crippen LogP contribution in [0.4, 0.5) is 0 Å². The van der Waals surface area contributed by atoms with Gasteiger partial charge in [-0.3, -0.25) is 4.89 Å². The number of hydrogen-bond acceptors (Lipinski definition) is 5. The van der Waals surface area contributed by atoms with E-state index in [4.69, 9.17) is 4.42 Å². The van der Waals surface area contributed by atoms with Gasteiger partial charge in [-0.15, -0.1) is 6.58 Å². The molecule has 1 aromatic heterocycles. The monoisotopic (exact) mass is 274 g/mol. The molecule has 1 aromatic carbocycles. The number of carbonyl (C=O) groups is 1. The van der Waals surface area contributed by atoms with Crippen molar-refractivity contribution in [2.75, 3.05) is 6.61 Å². The number of carbonyl (C=O) groups excluding carboxylic acids is 1. The molecule has 20 heavy (non-hydrogen) atoms. The molecule has 0 unspecified atom stereocenters. The van der Waals surface area contributed by atoms with E-state index in [0.29, 0.717) is 11.1 Å². The van der Waals surface area contributed by atoms with Crippen molar-refractivity contribution in [2.45, 2.75) is 13.3 Å². The van der Waals surface area contributed by atoms with Crippen molar-refractivity contribution in [3.05, 3.63) is 58.5 Å². The molecule has 2 aromatic rings. The molecule has 0 saturated carbocycles. The second kappa shape index (κ2) is 6.16. The lowest BCUT2D eigenvalue weighted by Gasteiger charge is -2.06. The second-order valence-corrected chi connectivity index (χ2v) is 4.19. The normalized spacial score (nSPS) is 10.4. The van der Waals surface area contributed by atoms with Crippen molar-refractivity contribution < 1.29 is 19.0 Å². The van der Waals surface area contributed by atoms with Gasteiger partial charge in [0.2, 0.25) is 0 Å².